The molecule has 4 rings (SSSR count). The van der Waals surface area contributed by atoms with Gasteiger partial charge in [0.1, 0.15) is 0 Å². The number of fused-ring (bicyclic) bond motifs is 1. The van der Waals surface area contributed by atoms with Crippen molar-refractivity contribution in [2.24, 2.45) is 0 Å². The van der Waals surface area contributed by atoms with Gasteiger partial charge >= 0.3 is 0 Å². The molecule has 0 bridgehead atoms. The molecule has 0 N–H and O–H groups in total. The summed E-state index contributed by atoms with van der Waals surface area (Å²) in [7, 11) is 0. The summed E-state index contributed by atoms with van der Waals surface area (Å²) < 4.78 is 1.06. The number of hydrogen-bond donors (Lipinski definition) is 0. The standard InChI is InChI=1S/C23H21N3OS2/c1-16(2)28-19-11-9-18(10-12-19)22(27)26(15-17-6-5-13-24-14-17)23-25-20-7-3-4-8-21(20)29-23/h3-14,16H,15H2,1-2H3. The quantitative estimate of drug-likeness (QED) is 0.358. The number of anilines is 1. The van der Waals surface area contributed by atoms with Crippen molar-refractivity contribution in [3.8, 4) is 0 Å². The second kappa shape index (κ2) is 8.76. The predicted octanol–water partition coefficient (Wildman–Crippen LogP) is 6.04. The molecule has 4 aromatic rings. The first kappa shape index (κ1) is 19.6. The van der Waals surface area contributed by atoms with Crippen LogP contribution in [0.3, 0.4) is 0 Å². The highest BCUT2D eigenvalue weighted by atomic mass is 32.2. The van der Waals surface area contributed by atoms with Gasteiger partial charge in [0.2, 0.25) is 0 Å². The van der Waals surface area contributed by atoms with Gasteiger partial charge < -0.3 is 0 Å². The number of para-hydroxylation sites is 1. The highest BCUT2D eigenvalue weighted by molar-refractivity contribution is 7.99. The predicted molar refractivity (Wildman–Crippen MR) is 122 cm³/mol. The van der Waals surface area contributed by atoms with E-state index in [0.29, 0.717) is 22.5 Å². The van der Waals surface area contributed by atoms with Crippen LogP contribution in [0.2, 0.25) is 0 Å². The van der Waals surface area contributed by atoms with E-state index in [2.05, 4.69) is 18.8 Å². The maximum Gasteiger partial charge on any atom is 0.260 e. The van der Waals surface area contributed by atoms with E-state index in [-0.39, 0.29) is 5.91 Å². The fourth-order valence-electron chi connectivity index (χ4n) is 2.98. The van der Waals surface area contributed by atoms with Crippen LogP contribution in [-0.4, -0.2) is 21.1 Å². The van der Waals surface area contributed by atoms with E-state index in [4.69, 9.17) is 4.98 Å². The van der Waals surface area contributed by atoms with Gasteiger partial charge in [0.15, 0.2) is 5.13 Å². The number of thiazole rings is 1. The summed E-state index contributed by atoms with van der Waals surface area (Å²) >= 11 is 3.31. The van der Waals surface area contributed by atoms with Crippen molar-refractivity contribution in [3.05, 3.63) is 84.2 Å². The summed E-state index contributed by atoms with van der Waals surface area (Å²) in [6.45, 7) is 4.74. The van der Waals surface area contributed by atoms with Crippen LogP contribution < -0.4 is 4.90 Å². The zero-order chi connectivity index (χ0) is 20.2. The molecule has 0 saturated heterocycles. The molecule has 0 fully saturated rings. The molecular formula is C23H21N3OS2. The minimum absolute atomic E-state index is 0.0611. The zero-order valence-electron chi connectivity index (χ0n) is 16.3. The summed E-state index contributed by atoms with van der Waals surface area (Å²) in [5, 5.41) is 1.20. The van der Waals surface area contributed by atoms with Crippen LogP contribution in [0.1, 0.15) is 29.8 Å². The van der Waals surface area contributed by atoms with Gasteiger partial charge in [-0.3, -0.25) is 14.7 Å². The number of pyridine rings is 1. The van der Waals surface area contributed by atoms with Crippen LogP contribution in [0.25, 0.3) is 10.2 Å². The monoisotopic (exact) mass is 419 g/mol. The van der Waals surface area contributed by atoms with Gasteiger partial charge in [-0.2, -0.15) is 0 Å². The number of carbonyl (C=O) groups excluding carboxylic acids is 1. The number of carbonyl (C=O) groups is 1. The molecule has 2 heterocycles. The molecule has 29 heavy (non-hydrogen) atoms. The smallest absolute Gasteiger partial charge is 0.260 e. The van der Waals surface area contributed by atoms with Crippen LogP contribution in [-0.2, 0) is 6.54 Å². The van der Waals surface area contributed by atoms with Crippen LogP contribution in [0.4, 0.5) is 5.13 Å². The van der Waals surface area contributed by atoms with E-state index in [9.17, 15) is 4.79 Å². The molecular weight excluding hydrogens is 398 g/mol. The number of benzene rings is 2. The first-order chi connectivity index (χ1) is 14.1. The van der Waals surface area contributed by atoms with Crippen LogP contribution >= 0.6 is 23.1 Å². The highest BCUT2D eigenvalue weighted by Crippen LogP contribution is 2.31. The molecule has 1 amide bonds. The Bertz CT molecular complexity index is 1070. The maximum absolute atomic E-state index is 13.4. The minimum Gasteiger partial charge on any atom is -0.279 e. The van der Waals surface area contributed by atoms with Crippen molar-refractivity contribution in [1.29, 1.82) is 0 Å². The summed E-state index contributed by atoms with van der Waals surface area (Å²) in [5.74, 6) is -0.0611. The summed E-state index contributed by atoms with van der Waals surface area (Å²) in [6, 6.07) is 19.6. The van der Waals surface area contributed by atoms with E-state index in [1.807, 2.05) is 60.7 Å². The van der Waals surface area contributed by atoms with Crippen LogP contribution in [0.5, 0.6) is 0 Å². The Balaban J connectivity index is 1.68. The third kappa shape index (κ3) is 4.66. The maximum atomic E-state index is 13.4. The Morgan fingerprint density at radius 3 is 2.55 bits per heavy atom. The van der Waals surface area contributed by atoms with E-state index in [1.54, 1.807) is 29.1 Å². The Hall–Kier alpha value is -2.70. The normalized spacial score (nSPS) is 11.1. The first-order valence-electron chi connectivity index (χ1n) is 9.43. The molecule has 6 heteroatoms. The van der Waals surface area contributed by atoms with Gasteiger partial charge in [0.25, 0.3) is 5.91 Å². The molecule has 0 spiro atoms. The molecule has 2 aromatic heterocycles. The molecule has 0 unspecified atom stereocenters. The average Bonchev–Trinajstić information content (AvgIpc) is 3.16. The first-order valence-corrected chi connectivity index (χ1v) is 11.1. The van der Waals surface area contributed by atoms with E-state index < -0.39 is 0 Å². The van der Waals surface area contributed by atoms with E-state index in [0.717, 1.165) is 20.7 Å². The lowest BCUT2D eigenvalue weighted by atomic mass is 10.2. The fourth-order valence-corrected chi connectivity index (χ4v) is 4.78. The summed E-state index contributed by atoms with van der Waals surface area (Å²) in [4.78, 5) is 25.2. The number of amides is 1. The third-order valence-corrected chi connectivity index (χ3v) is 6.37. The molecule has 146 valence electrons. The fraction of sp³-hybridized carbons (Fsp3) is 0.174. The van der Waals surface area contributed by atoms with Gasteiger partial charge in [0, 0.05) is 28.1 Å². The number of aromatic nitrogens is 2. The van der Waals surface area contributed by atoms with Crippen molar-refractivity contribution in [3.63, 3.8) is 0 Å². The number of thioether (sulfide) groups is 1. The largest absolute Gasteiger partial charge is 0.279 e. The lowest BCUT2D eigenvalue weighted by Gasteiger charge is -2.20. The van der Waals surface area contributed by atoms with Gasteiger partial charge in [-0.05, 0) is 48.0 Å². The third-order valence-electron chi connectivity index (χ3n) is 4.30. The van der Waals surface area contributed by atoms with E-state index >= 15 is 0 Å². The Morgan fingerprint density at radius 2 is 1.86 bits per heavy atom. The van der Waals surface area contributed by atoms with Gasteiger partial charge in [-0.25, -0.2) is 4.98 Å². The lowest BCUT2D eigenvalue weighted by molar-refractivity contribution is 0.0985. The van der Waals surface area contributed by atoms with Crippen LogP contribution in [0.15, 0.2) is 78.0 Å². The molecule has 0 aliphatic heterocycles. The number of hydrogen-bond acceptors (Lipinski definition) is 5. The number of nitrogens with zero attached hydrogens (tertiary/aromatic N) is 3. The molecule has 0 saturated carbocycles. The Kier molecular flexibility index (Phi) is 5.92. The van der Waals surface area contributed by atoms with Crippen molar-refractivity contribution in [2.75, 3.05) is 4.90 Å². The molecule has 0 atom stereocenters. The van der Waals surface area contributed by atoms with Crippen molar-refractivity contribution in [1.82, 2.24) is 9.97 Å². The van der Waals surface area contributed by atoms with Gasteiger partial charge in [0.05, 0.1) is 16.8 Å². The average molecular weight is 420 g/mol. The van der Waals surface area contributed by atoms with Gasteiger partial charge in [-0.1, -0.05) is 43.4 Å². The minimum atomic E-state index is -0.0611. The second-order valence-corrected chi connectivity index (χ2v) is 9.57. The van der Waals surface area contributed by atoms with Crippen LogP contribution in [0, 0.1) is 0 Å². The molecule has 0 radical (unpaired) electrons. The molecule has 2 aromatic carbocycles. The van der Waals surface area contributed by atoms with E-state index in [1.165, 1.54) is 11.3 Å². The Labute approximate surface area is 178 Å². The Morgan fingerprint density at radius 1 is 1.07 bits per heavy atom. The molecule has 4 nitrogen and oxygen atoms in total. The molecule has 0 aliphatic carbocycles. The SMILES string of the molecule is CC(C)Sc1ccc(C(=O)N(Cc2cccnc2)c2nc3ccccc3s2)cc1. The van der Waals surface area contributed by atoms with Crippen molar-refractivity contribution in [2.45, 2.75) is 30.5 Å². The summed E-state index contributed by atoms with van der Waals surface area (Å²) in [6.07, 6.45) is 3.52. The molecule has 0 aliphatic rings. The second-order valence-electron chi connectivity index (χ2n) is 6.91. The lowest BCUT2D eigenvalue weighted by Crippen LogP contribution is -2.30. The van der Waals surface area contributed by atoms with Crippen molar-refractivity contribution < 1.29 is 4.79 Å². The van der Waals surface area contributed by atoms with Crippen molar-refractivity contribution >= 4 is 44.4 Å². The highest BCUT2D eigenvalue weighted by Gasteiger charge is 2.22. The topological polar surface area (TPSA) is 46.1 Å². The van der Waals surface area contributed by atoms with Gasteiger partial charge in [-0.15, -0.1) is 11.8 Å². The number of rotatable bonds is 6. The zero-order valence-corrected chi connectivity index (χ0v) is 17.9. The summed E-state index contributed by atoms with van der Waals surface area (Å²) in [5.41, 5.74) is 2.52.